The molecule has 0 aliphatic carbocycles. The van der Waals surface area contributed by atoms with Crippen LogP contribution in [-0.4, -0.2) is 14.4 Å². The largest absolute Gasteiger partial charge is 0.379 e. The molecule has 0 bridgehead atoms. The minimum absolute atomic E-state index is 0.0654. The van der Waals surface area contributed by atoms with E-state index in [1.54, 1.807) is 36.4 Å². The fourth-order valence-corrected chi connectivity index (χ4v) is 3.66. The lowest BCUT2D eigenvalue weighted by molar-refractivity contribution is 0.262. The molecule has 2 N–H and O–H groups in total. The number of rotatable bonds is 5. The number of hydrogen-bond acceptors (Lipinski definition) is 4. The second-order valence-corrected chi connectivity index (χ2v) is 9.33. The Bertz CT molecular complexity index is 1120. The van der Waals surface area contributed by atoms with E-state index < -0.39 is 16.1 Å². The van der Waals surface area contributed by atoms with Gasteiger partial charge in [0.2, 0.25) is 0 Å². The number of urea groups is 1. The van der Waals surface area contributed by atoms with Gasteiger partial charge in [-0.2, -0.15) is 8.42 Å². The summed E-state index contributed by atoms with van der Waals surface area (Å²) in [6.07, 6.45) is 0. The van der Waals surface area contributed by atoms with Gasteiger partial charge in [-0.3, -0.25) is 0 Å². The fourth-order valence-electron chi connectivity index (χ4n) is 2.74. The summed E-state index contributed by atoms with van der Waals surface area (Å²) in [6.45, 7) is 6.17. The summed E-state index contributed by atoms with van der Waals surface area (Å²) in [5.74, 6) is 0.104. The van der Waals surface area contributed by atoms with Crippen LogP contribution in [0.4, 0.5) is 16.2 Å². The second kappa shape index (κ2) is 8.59. The number of carbonyl (C=O) groups is 1. The lowest BCUT2D eigenvalue weighted by Crippen LogP contribution is -2.19. The highest BCUT2D eigenvalue weighted by Gasteiger charge is 2.19. The maximum atomic E-state index is 12.6. The Kier molecular flexibility index (Phi) is 6.12. The Morgan fingerprint density at radius 1 is 0.800 bits per heavy atom. The minimum atomic E-state index is -4.00. The van der Waals surface area contributed by atoms with Crippen molar-refractivity contribution in [2.45, 2.75) is 31.1 Å². The molecule has 0 saturated carbocycles. The first kappa shape index (κ1) is 21.4. The lowest BCUT2D eigenvalue weighted by atomic mass is 9.87. The molecule has 2 amide bonds. The summed E-state index contributed by atoms with van der Waals surface area (Å²) in [5.41, 5.74) is 1.99. The molecule has 0 aromatic heterocycles. The highest BCUT2D eigenvalue weighted by molar-refractivity contribution is 7.87. The number of para-hydroxylation sites is 1. The maximum Gasteiger partial charge on any atom is 0.339 e. The van der Waals surface area contributed by atoms with Crippen molar-refractivity contribution in [2.75, 3.05) is 10.6 Å². The van der Waals surface area contributed by atoms with Gasteiger partial charge in [0.25, 0.3) is 0 Å². The fraction of sp³-hybridized carbons (Fsp3) is 0.174. The molecule has 156 valence electrons. The van der Waals surface area contributed by atoms with Crippen LogP contribution in [0.2, 0.25) is 0 Å². The van der Waals surface area contributed by atoms with Gasteiger partial charge in [0.1, 0.15) is 10.6 Å². The van der Waals surface area contributed by atoms with Gasteiger partial charge in [-0.25, -0.2) is 4.79 Å². The number of benzene rings is 3. The van der Waals surface area contributed by atoms with Crippen molar-refractivity contribution < 1.29 is 17.4 Å². The molecule has 0 aliphatic rings. The molecule has 7 heteroatoms. The van der Waals surface area contributed by atoms with Crippen molar-refractivity contribution in [3.8, 4) is 5.75 Å². The van der Waals surface area contributed by atoms with E-state index in [2.05, 4.69) is 31.4 Å². The summed E-state index contributed by atoms with van der Waals surface area (Å²) < 4.78 is 30.5. The number of amides is 2. The Hall–Kier alpha value is -3.32. The number of nitrogens with one attached hydrogen (secondary N) is 2. The number of hydrogen-bond donors (Lipinski definition) is 2. The zero-order valence-electron chi connectivity index (χ0n) is 17.0. The van der Waals surface area contributed by atoms with Crippen LogP contribution in [0, 0.1) is 0 Å². The quantitative estimate of drug-likeness (QED) is 0.538. The molecule has 0 spiro atoms. The van der Waals surface area contributed by atoms with Crippen molar-refractivity contribution in [3.05, 3.63) is 84.4 Å². The molecular formula is C23H24N2O4S. The molecule has 3 aromatic rings. The summed E-state index contributed by atoms with van der Waals surface area (Å²) in [6, 6.07) is 21.4. The molecule has 3 rings (SSSR count). The van der Waals surface area contributed by atoms with E-state index in [0.29, 0.717) is 11.4 Å². The van der Waals surface area contributed by atoms with Crippen LogP contribution in [0.5, 0.6) is 5.75 Å². The third-order valence-corrected chi connectivity index (χ3v) is 5.60. The topological polar surface area (TPSA) is 84.5 Å². The Balaban J connectivity index is 1.70. The van der Waals surface area contributed by atoms with E-state index in [1.165, 1.54) is 24.3 Å². The van der Waals surface area contributed by atoms with Crippen LogP contribution in [0.3, 0.4) is 0 Å². The van der Waals surface area contributed by atoms with E-state index in [1.807, 2.05) is 18.2 Å². The van der Waals surface area contributed by atoms with Gasteiger partial charge in [-0.1, -0.05) is 57.2 Å². The average molecular weight is 425 g/mol. The van der Waals surface area contributed by atoms with E-state index in [-0.39, 0.29) is 16.1 Å². The van der Waals surface area contributed by atoms with Crippen LogP contribution in [0.1, 0.15) is 26.3 Å². The molecule has 0 unspecified atom stereocenters. The van der Waals surface area contributed by atoms with Crippen LogP contribution in [0.15, 0.2) is 83.8 Å². The second-order valence-electron chi connectivity index (χ2n) is 7.78. The van der Waals surface area contributed by atoms with Crippen LogP contribution in [-0.2, 0) is 15.5 Å². The van der Waals surface area contributed by atoms with Crippen molar-refractivity contribution in [3.63, 3.8) is 0 Å². The maximum absolute atomic E-state index is 12.6. The van der Waals surface area contributed by atoms with Gasteiger partial charge in [-0.15, -0.1) is 0 Å². The SMILES string of the molecule is CC(C)(C)c1ccc(S(=O)(=O)Oc2cccc(NC(=O)Nc3ccccc3)c2)cc1. The average Bonchev–Trinajstić information content (AvgIpc) is 2.68. The highest BCUT2D eigenvalue weighted by atomic mass is 32.2. The predicted octanol–water partition coefficient (Wildman–Crippen LogP) is 5.40. The van der Waals surface area contributed by atoms with Gasteiger partial charge in [0, 0.05) is 17.4 Å². The van der Waals surface area contributed by atoms with Gasteiger partial charge < -0.3 is 14.8 Å². The standard InChI is InChI=1S/C23H24N2O4S/c1-23(2,3)17-12-14-21(15-13-17)30(27,28)29-20-11-7-10-19(16-20)25-22(26)24-18-8-5-4-6-9-18/h4-16H,1-3H3,(H2,24,25,26). The Labute approximate surface area is 177 Å². The monoisotopic (exact) mass is 424 g/mol. The van der Waals surface area contributed by atoms with Crippen LogP contribution < -0.4 is 14.8 Å². The van der Waals surface area contributed by atoms with Crippen molar-refractivity contribution in [2.24, 2.45) is 0 Å². The minimum Gasteiger partial charge on any atom is -0.379 e. The smallest absolute Gasteiger partial charge is 0.339 e. The first-order valence-corrected chi connectivity index (χ1v) is 10.8. The Morgan fingerprint density at radius 2 is 1.40 bits per heavy atom. The molecule has 3 aromatic carbocycles. The van der Waals surface area contributed by atoms with Gasteiger partial charge in [0.05, 0.1) is 0 Å². The zero-order valence-corrected chi connectivity index (χ0v) is 17.9. The van der Waals surface area contributed by atoms with Gasteiger partial charge >= 0.3 is 16.1 Å². The molecule has 30 heavy (non-hydrogen) atoms. The molecular weight excluding hydrogens is 400 g/mol. The number of carbonyl (C=O) groups excluding carboxylic acids is 1. The Morgan fingerprint density at radius 3 is 2.03 bits per heavy atom. The third-order valence-electron chi connectivity index (χ3n) is 4.34. The summed E-state index contributed by atoms with van der Waals surface area (Å²) in [4.78, 5) is 12.2. The highest BCUT2D eigenvalue weighted by Crippen LogP contribution is 2.26. The number of anilines is 2. The van der Waals surface area contributed by atoms with Crippen LogP contribution >= 0.6 is 0 Å². The molecule has 6 nitrogen and oxygen atoms in total. The first-order valence-electron chi connectivity index (χ1n) is 9.42. The lowest BCUT2D eigenvalue weighted by Gasteiger charge is -2.19. The van der Waals surface area contributed by atoms with Crippen molar-refractivity contribution in [1.29, 1.82) is 0 Å². The summed E-state index contributed by atoms with van der Waals surface area (Å²) >= 11 is 0. The van der Waals surface area contributed by atoms with E-state index >= 15 is 0 Å². The third kappa shape index (κ3) is 5.61. The predicted molar refractivity (Wildman–Crippen MR) is 118 cm³/mol. The molecule has 0 atom stereocenters. The summed E-state index contributed by atoms with van der Waals surface area (Å²) in [7, 11) is -4.00. The molecule has 0 heterocycles. The van der Waals surface area contributed by atoms with Crippen LogP contribution in [0.25, 0.3) is 0 Å². The normalized spacial score (nSPS) is 11.6. The molecule has 0 saturated heterocycles. The van der Waals surface area contributed by atoms with E-state index in [4.69, 9.17) is 4.18 Å². The van der Waals surface area contributed by atoms with E-state index in [0.717, 1.165) is 5.56 Å². The van der Waals surface area contributed by atoms with Gasteiger partial charge in [-0.05, 0) is 47.4 Å². The molecule has 0 radical (unpaired) electrons. The van der Waals surface area contributed by atoms with Gasteiger partial charge in [0.15, 0.2) is 0 Å². The van der Waals surface area contributed by atoms with Crippen molar-refractivity contribution in [1.82, 2.24) is 0 Å². The van der Waals surface area contributed by atoms with E-state index in [9.17, 15) is 13.2 Å². The zero-order chi connectivity index (χ0) is 21.8. The molecule has 0 aliphatic heterocycles. The first-order chi connectivity index (χ1) is 14.1. The summed E-state index contributed by atoms with van der Waals surface area (Å²) in [5, 5.41) is 5.35. The molecule has 0 fully saturated rings. The van der Waals surface area contributed by atoms with Crippen molar-refractivity contribution >= 4 is 27.5 Å².